The van der Waals surface area contributed by atoms with E-state index in [1.807, 2.05) is 35.4 Å². The summed E-state index contributed by atoms with van der Waals surface area (Å²) < 4.78 is 39.0. The SMILES string of the molecule is CN(c1cc(C(F)(F)F)ncn1)C1CCCN(Cc2ccnc3ccccc23)C1. The second-order valence-corrected chi connectivity index (χ2v) is 7.39. The van der Waals surface area contributed by atoms with Crippen molar-refractivity contribution in [1.29, 1.82) is 0 Å². The van der Waals surface area contributed by atoms with Crippen LogP contribution in [0.2, 0.25) is 0 Å². The molecular weight excluding hydrogens is 379 g/mol. The number of aromatic nitrogens is 3. The number of nitrogens with zero attached hydrogens (tertiary/aromatic N) is 5. The number of halogens is 3. The predicted octanol–water partition coefficient (Wildman–Crippen LogP) is 4.14. The van der Waals surface area contributed by atoms with Crippen LogP contribution < -0.4 is 4.90 Å². The number of fused-ring (bicyclic) bond motifs is 1. The Morgan fingerprint density at radius 2 is 1.97 bits per heavy atom. The van der Waals surface area contributed by atoms with Crippen LogP contribution in [0, 0.1) is 0 Å². The molecule has 0 bridgehead atoms. The van der Waals surface area contributed by atoms with E-state index < -0.39 is 11.9 Å². The molecule has 2 aromatic heterocycles. The van der Waals surface area contributed by atoms with Gasteiger partial charge in [0, 0.05) is 43.8 Å². The zero-order chi connectivity index (χ0) is 20.4. The first-order chi connectivity index (χ1) is 13.9. The van der Waals surface area contributed by atoms with Gasteiger partial charge in [0.15, 0.2) is 0 Å². The van der Waals surface area contributed by atoms with Crippen molar-refractivity contribution >= 4 is 16.7 Å². The molecular formula is C21H22F3N5. The minimum absolute atomic E-state index is 0.0906. The predicted molar refractivity (Wildman–Crippen MR) is 105 cm³/mol. The molecule has 1 unspecified atom stereocenters. The van der Waals surface area contributed by atoms with E-state index in [4.69, 9.17) is 0 Å². The van der Waals surface area contributed by atoms with Crippen LogP contribution in [0.15, 0.2) is 48.9 Å². The van der Waals surface area contributed by atoms with Gasteiger partial charge in [-0.3, -0.25) is 9.88 Å². The molecule has 152 valence electrons. The van der Waals surface area contributed by atoms with Gasteiger partial charge < -0.3 is 4.90 Å². The maximum Gasteiger partial charge on any atom is 0.433 e. The van der Waals surface area contributed by atoms with Gasteiger partial charge in [0.05, 0.1) is 5.52 Å². The van der Waals surface area contributed by atoms with Crippen molar-refractivity contribution in [2.24, 2.45) is 0 Å². The average Bonchev–Trinajstić information content (AvgIpc) is 2.73. The monoisotopic (exact) mass is 401 g/mol. The molecule has 0 aliphatic carbocycles. The molecule has 1 fully saturated rings. The highest BCUT2D eigenvalue weighted by molar-refractivity contribution is 5.81. The lowest BCUT2D eigenvalue weighted by Gasteiger charge is -2.38. The Morgan fingerprint density at radius 3 is 2.79 bits per heavy atom. The molecule has 4 rings (SSSR count). The second kappa shape index (κ2) is 7.94. The summed E-state index contributed by atoms with van der Waals surface area (Å²) in [6.07, 6.45) is 0.230. The molecule has 5 nitrogen and oxygen atoms in total. The number of hydrogen-bond acceptors (Lipinski definition) is 5. The highest BCUT2D eigenvalue weighted by Gasteiger charge is 2.34. The maximum atomic E-state index is 13.0. The number of rotatable bonds is 4. The van der Waals surface area contributed by atoms with E-state index in [9.17, 15) is 13.2 Å². The Balaban J connectivity index is 1.50. The van der Waals surface area contributed by atoms with Crippen molar-refractivity contribution in [3.63, 3.8) is 0 Å². The average molecular weight is 401 g/mol. The molecule has 29 heavy (non-hydrogen) atoms. The minimum atomic E-state index is -4.47. The Hall–Kier alpha value is -2.74. The van der Waals surface area contributed by atoms with Gasteiger partial charge in [0.1, 0.15) is 17.8 Å². The lowest BCUT2D eigenvalue weighted by molar-refractivity contribution is -0.141. The van der Waals surface area contributed by atoms with Gasteiger partial charge in [-0.2, -0.15) is 13.2 Å². The van der Waals surface area contributed by atoms with E-state index in [0.29, 0.717) is 5.82 Å². The summed E-state index contributed by atoms with van der Waals surface area (Å²) in [6.45, 7) is 2.50. The van der Waals surface area contributed by atoms with Crippen molar-refractivity contribution in [2.75, 3.05) is 25.0 Å². The molecule has 1 atom stereocenters. The number of likely N-dealkylation sites (tertiary alicyclic amines) is 1. The van der Waals surface area contributed by atoms with E-state index in [1.54, 1.807) is 7.05 Å². The molecule has 1 aliphatic rings. The maximum absolute atomic E-state index is 13.0. The minimum Gasteiger partial charge on any atom is -0.355 e. The van der Waals surface area contributed by atoms with Crippen LogP contribution >= 0.6 is 0 Å². The number of alkyl halides is 3. The highest BCUT2D eigenvalue weighted by atomic mass is 19.4. The van der Waals surface area contributed by atoms with E-state index in [1.165, 1.54) is 5.56 Å². The number of hydrogen-bond donors (Lipinski definition) is 0. The van der Waals surface area contributed by atoms with Crippen LogP contribution in [0.3, 0.4) is 0 Å². The smallest absolute Gasteiger partial charge is 0.355 e. The first-order valence-electron chi connectivity index (χ1n) is 9.59. The molecule has 3 heterocycles. The molecule has 1 saturated heterocycles. The Labute approximate surface area is 167 Å². The largest absolute Gasteiger partial charge is 0.433 e. The third kappa shape index (κ3) is 4.32. The number of benzene rings is 1. The highest BCUT2D eigenvalue weighted by Crippen LogP contribution is 2.30. The Kier molecular flexibility index (Phi) is 5.36. The first kappa shape index (κ1) is 19.6. The molecule has 0 amide bonds. The molecule has 0 saturated carbocycles. The summed E-state index contributed by atoms with van der Waals surface area (Å²) in [7, 11) is 1.80. The van der Waals surface area contributed by atoms with Gasteiger partial charge >= 0.3 is 6.18 Å². The van der Waals surface area contributed by atoms with Crippen molar-refractivity contribution in [2.45, 2.75) is 31.6 Å². The van der Waals surface area contributed by atoms with Gasteiger partial charge in [-0.15, -0.1) is 0 Å². The van der Waals surface area contributed by atoms with Gasteiger partial charge in [0.25, 0.3) is 0 Å². The number of piperidine rings is 1. The van der Waals surface area contributed by atoms with E-state index >= 15 is 0 Å². The lowest BCUT2D eigenvalue weighted by Crippen LogP contribution is -2.46. The quantitative estimate of drug-likeness (QED) is 0.657. The van der Waals surface area contributed by atoms with Crippen LogP contribution in [0.1, 0.15) is 24.1 Å². The van der Waals surface area contributed by atoms with Crippen molar-refractivity contribution in [1.82, 2.24) is 19.9 Å². The number of para-hydroxylation sites is 1. The van der Waals surface area contributed by atoms with Crippen LogP contribution in [-0.4, -0.2) is 46.0 Å². The molecule has 0 N–H and O–H groups in total. The van der Waals surface area contributed by atoms with Crippen molar-refractivity contribution in [3.8, 4) is 0 Å². The van der Waals surface area contributed by atoms with Crippen molar-refractivity contribution in [3.05, 3.63) is 60.2 Å². The van der Waals surface area contributed by atoms with Crippen LogP contribution in [0.4, 0.5) is 19.0 Å². The fourth-order valence-corrected chi connectivity index (χ4v) is 3.91. The number of pyridine rings is 1. The van der Waals surface area contributed by atoms with E-state index in [2.05, 4.69) is 25.9 Å². The van der Waals surface area contributed by atoms with Gasteiger partial charge in [0.2, 0.25) is 0 Å². The van der Waals surface area contributed by atoms with Crippen LogP contribution in [0.25, 0.3) is 10.9 Å². The Morgan fingerprint density at radius 1 is 1.14 bits per heavy atom. The topological polar surface area (TPSA) is 45.2 Å². The standard InChI is InChI=1S/C21H22F3N5/c1-28(20-11-19(21(22,23)24)26-14-27-20)16-5-4-10-29(13-16)12-15-8-9-25-18-7-3-2-6-17(15)18/h2-3,6-9,11,14,16H,4-5,10,12-13H2,1H3. The van der Waals surface area contributed by atoms with E-state index in [-0.39, 0.29) is 6.04 Å². The first-order valence-corrected chi connectivity index (χ1v) is 9.59. The van der Waals surface area contributed by atoms with Crippen LogP contribution in [-0.2, 0) is 12.7 Å². The van der Waals surface area contributed by atoms with E-state index in [0.717, 1.165) is 55.8 Å². The fraction of sp³-hybridized carbons (Fsp3) is 0.381. The summed E-state index contributed by atoms with van der Waals surface area (Å²) in [6, 6.07) is 11.2. The molecule has 1 aliphatic heterocycles. The summed E-state index contributed by atoms with van der Waals surface area (Å²) in [5.74, 6) is 0.300. The molecule has 3 aromatic rings. The molecule has 1 aromatic carbocycles. The zero-order valence-corrected chi connectivity index (χ0v) is 16.1. The summed E-state index contributed by atoms with van der Waals surface area (Å²) >= 11 is 0. The van der Waals surface area contributed by atoms with Gasteiger partial charge in [-0.05, 0) is 37.1 Å². The molecule has 0 radical (unpaired) electrons. The fourth-order valence-electron chi connectivity index (χ4n) is 3.91. The van der Waals surface area contributed by atoms with Gasteiger partial charge in [-0.25, -0.2) is 9.97 Å². The third-order valence-electron chi connectivity index (χ3n) is 5.47. The summed E-state index contributed by atoms with van der Waals surface area (Å²) in [5, 5.41) is 1.14. The zero-order valence-electron chi connectivity index (χ0n) is 16.1. The Bertz CT molecular complexity index is 986. The molecule has 8 heteroatoms. The second-order valence-electron chi connectivity index (χ2n) is 7.39. The number of likely N-dealkylation sites (N-methyl/N-ethyl adjacent to an activating group) is 1. The summed E-state index contributed by atoms with van der Waals surface area (Å²) in [5.41, 5.74) is 1.27. The lowest BCUT2D eigenvalue weighted by atomic mass is 10.0. The summed E-state index contributed by atoms with van der Waals surface area (Å²) in [4.78, 5) is 16.0. The number of anilines is 1. The molecule has 0 spiro atoms. The normalized spacial score (nSPS) is 18.1. The third-order valence-corrected chi connectivity index (χ3v) is 5.47. The van der Waals surface area contributed by atoms with Crippen molar-refractivity contribution < 1.29 is 13.2 Å². The van der Waals surface area contributed by atoms with Crippen LogP contribution in [0.5, 0.6) is 0 Å². The van der Waals surface area contributed by atoms with Gasteiger partial charge in [-0.1, -0.05) is 18.2 Å².